The summed E-state index contributed by atoms with van der Waals surface area (Å²) < 4.78 is 0. The van der Waals surface area contributed by atoms with Crippen molar-refractivity contribution in [3.05, 3.63) is 29.1 Å². The molecular formula is C12H19N3O. The summed E-state index contributed by atoms with van der Waals surface area (Å²) in [5.41, 5.74) is 7.73. The Kier molecular flexibility index (Phi) is 4.92. The summed E-state index contributed by atoms with van der Waals surface area (Å²) in [5.74, 6) is -0.0537. The van der Waals surface area contributed by atoms with E-state index in [0.29, 0.717) is 18.7 Å². The average molecular weight is 221 g/mol. The van der Waals surface area contributed by atoms with Crippen LogP contribution in [0.1, 0.15) is 34.6 Å². The van der Waals surface area contributed by atoms with Crippen molar-refractivity contribution in [1.82, 2.24) is 10.3 Å². The van der Waals surface area contributed by atoms with E-state index in [1.54, 1.807) is 0 Å². The number of nitrogens with one attached hydrogen (secondary N) is 1. The quantitative estimate of drug-likeness (QED) is 0.733. The zero-order valence-corrected chi connectivity index (χ0v) is 9.92. The lowest BCUT2D eigenvalue weighted by Crippen LogP contribution is -2.25. The monoisotopic (exact) mass is 221 g/mol. The van der Waals surface area contributed by atoms with Crippen LogP contribution >= 0.6 is 0 Å². The Morgan fingerprint density at radius 1 is 1.38 bits per heavy atom. The van der Waals surface area contributed by atoms with Crippen LogP contribution < -0.4 is 11.1 Å². The third-order valence-corrected chi connectivity index (χ3v) is 2.39. The number of aryl methyl sites for hydroxylation is 2. The predicted octanol–water partition coefficient (Wildman–Crippen LogP) is 1.17. The maximum atomic E-state index is 11.8. The normalized spacial score (nSPS) is 10.2. The highest BCUT2D eigenvalue weighted by atomic mass is 16.1. The fourth-order valence-corrected chi connectivity index (χ4v) is 1.49. The van der Waals surface area contributed by atoms with Crippen LogP contribution in [0.25, 0.3) is 0 Å². The molecule has 0 aromatic carbocycles. The highest BCUT2D eigenvalue weighted by Gasteiger charge is 2.08. The minimum absolute atomic E-state index is 0.0537. The first-order chi connectivity index (χ1) is 7.65. The van der Waals surface area contributed by atoms with E-state index in [-0.39, 0.29) is 5.91 Å². The van der Waals surface area contributed by atoms with E-state index in [1.807, 2.05) is 26.0 Å². The van der Waals surface area contributed by atoms with E-state index in [4.69, 9.17) is 5.73 Å². The van der Waals surface area contributed by atoms with E-state index in [1.165, 1.54) is 0 Å². The van der Waals surface area contributed by atoms with Crippen LogP contribution in [0.4, 0.5) is 0 Å². The van der Waals surface area contributed by atoms with Gasteiger partial charge in [0.15, 0.2) is 0 Å². The first kappa shape index (κ1) is 12.6. The molecular weight excluding hydrogens is 202 g/mol. The number of hydrogen-bond acceptors (Lipinski definition) is 3. The topological polar surface area (TPSA) is 68.0 Å². The molecule has 4 nitrogen and oxygen atoms in total. The number of carbonyl (C=O) groups is 1. The van der Waals surface area contributed by atoms with Crippen LogP contribution in [0.15, 0.2) is 12.1 Å². The number of nitrogens with two attached hydrogens (primary N) is 1. The van der Waals surface area contributed by atoms with Crippen molar-refractivity contribution in [2.75, 3.05) is 13.1 Å². The standard InChI is InChI=1S/C12H19N3O/c1-9-5-6-11(10(2)15-9)12(16)14-8-4-3-7-13/h5-6H,3-4,7-8,13H2,1-2H3,(H,14,16). The van der Waals surface area contributed by atoms with E-state index in [9.17, 15) is 4.79 Å². The van der Waals surface area contributed by atoms with Crippen LogP contribution in [-0.4, -0.2) is 24.0 Å². The van der Waals surface area contributed by atoms with Gasteiger partial charge in [-0.3, -0.25) is 9.78 Å². The minimum Gasteiger partial charge on any atom is -0.352 e. The molecule has 0 radical (unpaired) electrons. The summed E-state index contributed by atoms with van der Waals surface area (Å²) in [4.78, 5) is 16.0. The van der Waals surface area contributed by atoms with Crippen molar-refractivity contribution in [1.29, 1.82) is 0 Å². The Bertz CT molecular complexity index is 363. The zero-order valence-electron chi connectivity index (χ0n) is 9.92. The molecule has 0 aliphatic carbocycles. The Morgan fingerprint density at radius 3 is 2.75 bits per heavy atom. The Labute approximate surface area is 96.3 Å². The molecule has 3 N–H and O–H groups in total. The summed E-state index contributed by atoms with van der Waals surface area (Å²) in [6.45, 7) is 5.10. The first-order valence-corrected chi connectivity index (χ1v) is 5.57. The molecule has 0 aliphatic rings. The van der Waals surface area contributed by atoms with Gasteiger partial charge in [-0.15, -0.1) is 0 Å². The number of nitrogens with zero attached hydrogens (tertiary/aromatic N) is 1. The van der Waals surface area contributed by atoms with Gasteiger partial charge in [0, 0.05) is 12.2 Å². The number of hydrogen-bond donors (Lipinski definition) is 2. The molecule has 0 fully saturated rings. The van der Waals surface area contributed by atoms with Gasteiger partial charge in [-0.25, -0.2) is 0 Å². The molecule has 0 bridgehead atoms. The smallest absolute Gasteiger partial charge is 0.253 e. The summed E-state index contributed by atoms with van der Waals surface area (Å²) in [5, 5.41) is 2.86. The molecule has 1 heterocycles. The van der Waals surface area contributed by atoms with Gasteiger partial charge in [-0.2, -0.15) is 0 Å². The van der Waals surface area contributed by atoms with Crippen molar-refractivity contribution in [3.63, 3.8) is 0 Å². The van der Waals surface area contributed by atoms with Gasteiger partial charge in [0.05, 0.1) is 11.3 Å². The lowest BCUT2D eigenvalue weighted by Gasteiger charge is -2.07. The molecule has 1 amide bonds. The molecule has 0 saturated heterocycles. The van der Waals surface area contributed by atoms with E-state index in [0.717, 1.165) is 24.2 Å². The van der Waals surface area contributed by atoms with Crippen LogP contribution in [0, 0.1) is 13.8 Å². The maximum Gasteiger partial charge on any atom is 0.253 e. The van der Waals surface area contributed by atoms with Crippen LogP contribution in [0.2, 0.25) is 0 Å². The molecule has 0 spiro atoms. The van der Waals surface area contributed by atoms with Crippen molar-refractivity contribution in [2.45, 2.75) is 26.7 Å². The Balaban J connectivity index is 2.53. The molecule has 0 unspecified atom stereocenters. The minimum atomic E-state index is -0.0537. The average Bonchev–Trinajstić information content (AvgIpc) is 2.24. The number of carbonyl (C=O) groups excluding carboxylic acids is 1. The summed E-state index contributed by atoms with van der Waals surface area (Å²) >= 11 is 0. The molecule has 0 saturated carbocycles. The van der Waals surface area contributed by atoms with Gasteiger partial charge >= 0.3 is 0 Å². The Hall–Kier alpha value is -1.42. The molecule has 1 rings (SSSR count). The van der Waals surface area contributed by atoms with E-state index < -0.39 is 0 Å². The summed E-state index contributed by atoms with van der Waals surface area (Å²) in [7, 11) is 0. The third-order valence-electron chi connectivity index (χ3n) is 2.39. The molecule has 1 aromatic rings. The second kappa shape index (κ2) is 6.23. The highest BCUT2D eigenvalue weighted by molar-refractivity contribution is 5.95. The summed E-state index contributed by atoms with van der Waals surface area (Å²) in [6.07, 6.45) is 1.85. The van der Waals surface area contributed by atoms with Crippen molar-refractivity contribution >= 4 is 5.91 Å². The van der Waals surface area contributed by atoms with Gasteiger partial charge in [0.1, 0.15) is 0 Å². The zero-order chi connectivity index (χ0) is 12.0. The van der Waals surface area contributed by atoms with E-state index in [2.05, 4.69) is 10.3 Å². The number of rotatable bonds is 5. The molecule has 4 heteroatoms. The van der Waals surface area contributed by atoms with Gasteiger partial charge < -0.3 is 11.1 Å². The first-order valence-electron chi connectivity index (χ1n) is 5.57. The second-order valence-corrected chi connectivity index (χ2v) is 3.84. The van der Waals surface area contributed by atoms with Crippen LogP contribution in [-0.2, 0) is 0 Å². The molecule has 0 atom stereocenters. The van der Waals surface area contributed by atoms with Crippen molar-refractivity contribution < 1.29 is 4.79 Å². The maximum absolute atomic E-state index is 11.8. The lowest BCUT2D eigenvalue weighted by atomic mass is 10.1. The van der Waals surface area contributed by atoms with Gasteiger partial charge in [0.2, 0.25) is 0 Å². The predicted molar refractivity (Wildman–Crippen MR) is 64.3 cm³/mol. The molecule has 16 heavy (non-hydrogen) atoms. The lowest BCUT2D eigenvalue weighted by molar-refractivity contribution is 0.0952. The molecule has 1 aromatic heterocycles. The van der Waals surface area contributed by atoms with Crippen molar-refractivity contribution in [2.24, 2.45) is 5.73 Å². The fraction of sp³-hybridized carbons (Fsp3) is 0.500. The number of aromatic nitrogens is 1. The molecule has 88 valence electrons. The van der Waals surface area contributed by atoms with Gasteiger partial charge in [-0.1, -0.05) is 0 Å². The number of amides is 1. The number of unbranched alkanes of at least 4 members (excludes halogenated alkanes) is 1. The third kappa shape index (κ3) is 3.62. The summed E-state index contributed by atoms with van der Waals surface area (Å²) in [6, 6.07) is 3.66. The SMILES string of the molecule is Cc1ccc(C(=O)NCCCCN)c(C)n1. The largest absolute Gasteiger partial charge is 0.352 e. The van der Waals surface area contributed by atoms with Crippen LogP contribution in [0.3, 0.4) is 0 Å². The van der Waals surface area contributed by atoms with Crippen LogP contribution in [0.5, 0.6) is 0 Å². The Morgan fingerprint density at radius 2 is 2.12 bits per heavy atom. The number of pyridine rings is 1. The van der Waals surface area contributed by atoms with Gasteiger partial charge in [0.25, 0.3) is 5.91 Å². The van der Waals surface area contributed by atoms with Gasteiger partial charge in [-0.05, 0) is 45.4 Å². The van der Waals surface area contributed by atoms with Crippen molar-refractivity contribution in [3.8, 4) is 0 Å². The molecule has 0 aliphatic heterocycles. The van der Waals surface area contributed by atoms with E-state index >= 15 is 0 Å². The highest BCUT2D eigenvalue weighted by Crippen LogP contribution is 2.06. The fourth-order valence-electron chi connectivity index (χ4n) is 1.49. The second-order valence-electron chi connectivity index (χ2n) is 3.84.